The van der Waals surface area contributed by atoms with Gasteiger partial charge in [-0.2, -0.15) is 0 Å². The Hall–Kier alpha value is -1.92. The highest BCUT2D eigenvalue weighted by Crippen LogP contribution is 2.26. The van der Waals surface area contributed by atoms with Crippen LogP contribution in [0.5, 0.6) is 5.75 Å². The van der Waals surface area contributed by atoms with E-state index in [1.807, 2.05) is 44.2 Å². The molecule has 0 saturated heterocycles. The molecule has 2 aromatic rings. The smallest absolute Gasteiger partial charge is 0.212 e. The monoisotopic (exact) mass is 334 g/mol. The number of rotatable bonds is 7. The lowest BCUT2D eigenvalue weighted by atomic mass is 10.1. The maximum Gasteiger partial charge on any atom is 0.212 e. The van der Waals surface area contributed by atoms with Gasteiger partial charge in [-0.05, 0) is 44.0 Å². The van der Waals surface area contributed by atoms with E-state index in [2.05, 4.69) is 9.71 Å². The van der Waals surface area contributed by atoms with E-state index < -0.39 is 10.0 Å². The highest BCUT2D eigenvalue weighted by Gasteiger charge is 2.18. The number of aromatic nitrogens is 1. The van der Waals surface area contributed by atoms with Gasteiger partial charge >= 0.3 is 0 Å². The van der Waals surface area contributed by atoms with Crippen LogP contribution in [-0.2, 0) is 16.4 Å². The number of nitrogens with zero attached hydrogens (tertiary/aromatic N) is 1. The van der Waals surface area contributed by atoms with Crippen LogP contribution in [0, 0.1) is 6.92 Å². The van der Waals surface area contributed by atoms with E-state index in [0.29, 0.717) is 12.2 Å². The average molecular weight is 334 g/mol. The third-order valence-corrected chi connectivity index (χ3v) is 5.07. The fraction of sp³-hybridized carbons (Fsp3) is 0.353. The number of aryl methyl sites for hydroxylation is 2. The minimum absolute atomic E-state index is 0.0372. The summed E-state index contributed by atoms with van der Waals surface area (Å²) in [5.41, 5.74) is 2.84. The van der Waals surface area contributed by atoms with Crippen LogP contribution < -0.4 is 9.46 Å². The van der Waals surface area contributed by atoms with Gasteiger partial charge in [-0.15, -0.1) is 0 Å². The summed E-state index contributed by atoms with van der Waals surface area (Å²) in [5, 5.41) is 0. The first-order valence-electron chi connectivity index (χ1n) is 7.45. The Kier molecular flexibility index (Phi) is 5.74. The SMILES string of the molecule is COc1ccc(C)cc1[C@@H](C)NS(=O)(=O)CCc1ccncc1. The number of pyridine rings is 1. The van der Waals surface area contributed by atoms with Gasteiger partial charge in [-0.25, -0.2) is 13.1 Å². The number of ether oxygens (including phenoxy) is 1. The minimum atomic E-state index is -3.39. The lowest BCUT2D eigenvalue weighted by Crippen LogP contribution is -2.30. The number of benzene rings is 1. The molecule has 6 heteroatoms. The number of hydrogen-bond donors (Lipinski definition) is 1. The summed E-state index contributed by atoms with van der Waals surface area (Å²) >= 11 is 0. The van der Waals surface area contributed by atoms with Crippen LogP contribution in [0.25, 0.3) is 0 Å². The second-order valence-electron chi connectivity index (χ2n) is 5.51. The Balaban J connectivity index is 2.06. The van der Waals surface area contributed by atoms with Crippen LogP contribution in [0.1, 0.15) is 29.7 Å². The Morgan fingerprint density at radius 1 is 1.22 bits per heavy atom. The average Bonchev–Trinajstić information content (AvgIpc) is 2.53. The summed E-state index contributed by atoms with van der Waals surface area (Å²) in [6, 6.07) is 9.02. The molecule has 0 saturated carbocycles. The molecule has 23 heavy (non-hydrogen) atoms. The number of nitrogens with one attached hydrogen (secondary N) is 1. The fourth-order valence-corrected chi connectivity index (χ4v) is 3.67. The topological polar surface area (TPSA) is 68.3 Å². The van der Waals surface area contributed by atoms with E-state index >= 15 is 0 Å². The second-order valence-corrected chi connectivity index (χ2v) is 7.38. The second kappa shape index (κ2) is 7.57. The predicted octanol–water partition coefficient (Wildman–Crippen LogP) is 2.62. The van der Waals surface area contributed by atoms with Crippen molar-refractivity contribution in [1.82, 2.24) is 9.71 Å². The van der Waals surface area contributed by atoms with E-state index in [-0.39, 0.29) is 11.8 Å². The quantitative estimate of drug-likeness (QED) is 0.845. The molecule has 5 nitrogen and oxygen atoms in total. The number of methoxy groups -OCH3 is 1. The van der Waals surface area contributed by atoms with Crippen LogP contribution in [0.15, 0.2) is 42.7 Å². The van der Waals surface area contributed by atoms with Gasteiger partial charge in [-0.1, -0.05) is 17.7 Å². The molecule has 1 aromatic heterocycles. The molecule has 124 valence electrons. The first-order chi connectivity index (χ1) is 10.9. The van der Waals surface area contributed by atoms with E-state index in [9.17, 15) is 8.42 Å². The van der Waals surface area contributed by atoms with Crippen LogP contribution >= 0.6 is 0 Å². The van der Waals surface area contributed by atoms with E-state index in [0.717, 1.165) is 16.7 Å². The van der Waals surface area contributed by atoms with Crippen molar-refractivity contribution in [2.75, 3.05) is 12.9 Å². The molecule has 0 unspecified atom stereocenters. The lowest BCUT2D eigenvalue weighted by molar-refractivity contribution is 0.405. The largest absolute Gasteiger partial charge is 0.496 e. The van der Waals surface area contributed by atoms with Crippen molar-refractivity contribution < 1.29 is 13.2 Å². The van der Waals surface area contributed by atoms with Gasteiger partial charge in [0.2, 0.25) is 10.0 Å². The van der Waals surface area contributed by atoms with Crippen molar-refractivity contribution in [3.63, 3.8) is 0 Å². The lowest BCUT2D eigenvalue weighted by Gasteiger charge is -2.18. The zero-order valence-electron chi connectivity index (χ0n) is 13.6. The van der Waals surface area contributed by atoms with Crippen LogP contribution in [0.2, 0.25) is 0 Å². The highest BCUT2D eigenvalue weighted by atomic mass is 32.2. The van der Waals surface area contributed by atoms with Crippen LogP contribution in [-0.4, -0.2) is 26.3 Å². The maximum absolute atomic E-state index is 12.3. The number of sulfonamides is 1. The molecule has 1 heterocycles. The minimum Gasteiger partial charge on any atom is -0.496 e. The zero-order chi connectivity index (χ0) is 16.9. The van der Waals surface area contributed by atoms with Gasteiger partial charge in [0.15, 0.2) is 0 Å². The molecule has 0 aliphatic rings. The van der Waals surface area contributed by atoms with E-state index in [1.165, 1.54) is 0 Å². The van der Waals surface area contributed by atoms with E-state index in [4.69, 9.17) is 4.74 Å². The molecular formula is C17H22N2O3S. The molecule has 0 spiro atoms. The summed E-state index contributed by atoms with van der Waals surface area (Å²) in [6.07, 6.45) is 3.78. The molecule has 0 aliphatic heterocycles. The van der Waals surface area contributed by atoms with Crippen molar-refractivity contribution in [2.24, 2.45) is 0 Å². The van der Waals surface area contributed by atoms with Crippen molar-refractivity contribution >= 4 is 10.0 Å². The normalized spacial score (nSPS) is 12.8. The Labute approximate surface area is 137 Å². The standard InChI is InChI=1S/C17H22N2O3S/c1-13-4-5-17(22-3)16(12-13)14(2)19-23(20,21)11-8-15-6-9-18-10-7-15/h4-7,9-10,12,14,19H,8,11H2,1-3H3/t14-/m1/s1. The third-order valence-electron chi connectivity index (χ3n) is 3.62. The van der Waals surface area contributed by atoms with Crippen molar-refractivity contribution in [1.29, 1.82) is 0 Å². The molecule has 0 fully saturated rings. The maximum atomic E-state index is 12.3. The number of hydrogen-bond acceptors (Lipinski definition) is 4. The molecule has 0 amide bonds. The molecule has 1 aromatic carbocycles. The summed E-state index contributed by atoms with van der Waals surface area (Å²) in [7, 11) is -1.81. The Morgan fingerprint density at radius 3 is 2.57 bits per heavy atom. The van der Waals surface area contributed by atoms with Gasteiger partial charge in [0.25, 0.3) is 0 Å². The first-order valence-corrected chi connectivity index (χ1v) is 9.10. The fourth-order valence-electron chi connectivity index (χ4n) is 2.39. The van der Waals surface area contributed by atoms with Gasteiger partial charge in [0.05, 0.1) is 12.9 Å². The van der Waals surface area contributed by atoms with Crippen LogP contribution in [0.4, 0.5) is 0 Å². The molecule has 0 radical (unpaired) electrons. The van der Waals surface area contributed by atoms with Gasteiger partial charge in [0, 0.05) is 24.0 Å². The molecule has 2 rings (SSSR count). The molecular weight excluding hydrogens is 312 g/mol. The highest BCUT2D eigenvalue weighted by molar-refractivity contribution is 7.89. The molecule has 1 atom stereocenters. The Bertz CT molecular complexity index is 746. The summed E-state index contributed by atoms with van der Waals surface area (Å²) in [5.74, 6) is 0.718. The van der Waals surface area contributed by atoms with Crippen molar-refractivity contribution in [3.05, 3.63) is 59.4 Å². The summed E-state index contributed by atoms with van der Waals surface area (Å²) in [6.45, 7) is 3.79. The molecule has 1 N–H and O–H groups in total. The van der Waals surface area contributed by atoms with E-state index in [1.54, 1.807) is 19.5 Å². The van der Waals surface area contributed by atoms with Gasteiger partial charge in [-0.3, -0.25) is 4.98 Å². The third kappa shape index (κ3) is 5.04. The predicted molar refractivity (Wildman–Crippen MR) is 91.0 cm³/mol. The van der Waals surface area contributed by atoms with Gasteiger partial charge in [0.1, 0.15) is 5.75 Å². The van der Waals surface area contributed by atoms with Crippen molar-refractivity contribution in [2.45, 2.75) is 26.3 Å². The first kappa shape index (κ1) is 17.4. The Morgan fingerprint density at radius 2 is 1.91 bits per heavy atom. The summed E-state index contributed by atoms with van der Waals surface area (Å²) < 4.78 is 32.7. The summed E-state index contributed by atoms with van der Waals surface area (Å²) in [4.78, 5) is 3.93. The van der Waals surface area contributed by atoms with Crippen LogP contribution in [0.3, 0.4) is 0 Å². The van der Waals surface area contributed by atoms with Gasteiger partial charge < -0.3 is 4.74 Å². The molecule has 0 aliphatic carbocycles. The zero-order valence-corrected chi connectivity index (χ0v) is 14.4. The molecule has 0 bridgehead atoms. The van der Waals surface area contributed by atoms with Crippen molar-refractivity contribution in [3.8, 4) is 5.75 Å².